The summed E-state index contributed by atoms with van der Waals surface area (Å²) in [6.07, 6.45) is 2.58. The van der Waals surface area contributed by atoms with Gasteiger partial charge in [-0.2, -0.15) is 0 Å². The summed E-state index contributed by atoms with van der Waals surface area (Å²) >= 11 is 11.9. The van der Waals surface area contributed by atoms with Gasteiger partial charge in [0.2, 0.25) is 0 Å². The zero-order valence-electron chi connectivity index (χ0n) is 12.3. The molecule has 0 radical (unpaired) electrons. The second-order valence-electron chi connectivity index (χ2n) is 4.68. The first-order valence-corrected chi connectivity index (χ1v) is 7.73. The largest absolute Gasteiger partial charge is 0.356 e. The highest BCUT2D eigenvalue weighted by molar-refractivity contribution is 6.31. The molecule has 116 valence electrons. The molecule has 4 nitrogen and oxygen atoms in total. The Morgan fingerprint density at radius 1 is 1.14 bits per heavy atom. The van der Waals surface area contributed by atoms with E-state index in [1.165, 1.54) is 0 Å². The zero-order chi connectivity index (χ0) is 15.8. The Balaban J connectivity index is 1.78. The minimum absolute atomic E-state index is 0.492. The molecule has 1 heterocycles. The molecule has 22 heavy (non-hydrogen) atoms. The van der Waals surface area contributed by atoms with E-state index in [2.05, 4.69) is 20.6 Å². The van der Waals surface area contributed by atoms with E-state index < -0.39 is 0 Å². The molecule has 2 N–H and O–H groups in total. The minimum Gasteiger partial charge on any atom is -0.356 e. The number of aliphatic imine (C=N–C) groups is 1. The van der Waals surface area contributed by atoms with Crippen LogP contribution in [-0.2, 0) is 13.0 Å². The lowest BCUT2D eigenvalue weighted by atomic mass is 10.1. The van der Waals surface area contributed by atoms with Crippen LogP contribution in [-0.4, -0.2) is 24.5 Å². The lowest BCUT2D eigenvalue weighted by molar-refractivity contribution is 0.793. The number of guanidine groups is 1. The van der Waals surface area contributed by atoms with Gasteiger partial charge in [-0.05, 0) is 29.7 Å². The number of hydrogen-bond acceptors (Lipinski definition) is 2. The van der Waals surface area contributed by atoms with Crippen molar-refractivity contribution in [1.29, 1.82) is 0 Å². The molecular weight excluding hydrogens is 319 g/mol. The van der Waals surface area contributed by atoms with Crippen LogP contribution in [0.2, 0.25) is 10.2 Å². The van der Waals surface area contributed by atoms with Gasteiger partial charge in [0.05, 0.1) is 0 Å². The number of benzene rings is 1. The lowest BCUT2D eigenvalue weighted by Gasteiger charge is -2.12. The molecule has 0 saturated heterocycles. The Bertz CT molecular complexity index is 626. The van der Waals surface area contributed by atoms with E-state index in [4.69, 9.17) is 23.2 Å². The summed E-state index contributed by atoms with van der Waals surface area (Å²) in [5, 5.41) is 7.77. The van der Waals surface area contributed by atoms with Crippen LogP contribution in [0, 0.1) is 0 Å². The molecule has 1 aromatic carbocycles. The van der Waals surface area contributed by atoms with Gasteiger partial charge >= 0.3 is 0 Å². The van der Waals surface area contributed by atoms with Gasteiger partial charge in [-0.1, -0.05) is 47.5 Å². The molecule has 0 amide bonds. The highest BCUT2D eigenvalue weighted by Gasteiger charge is 2.01. The van der Waals surface area contributed by atoms with E-state index in [1.807, 2.05) is 30.3 Å². The van der Waals surface area contributed by atoms with Crippen LogP contribution in [0.4, 0.5) is 0 Å². The van der Waals surface area contributed by atoms with Gasteiger partial charge in [-0.15, -0.1) is 0 Å². The molecule has 0 aliphatic carbocycles. The van der Waals surface area contributed by atoms with Crippen molar-refractivity contribution in [2.24, 2.45) is 4.99 Å². The Morgan fingerprint density at radius 3 is 2.64 bits per heavy atom. The van der Waals surface area contributed by atoms with Crippen molar-refractivity contribution in [2.75, 3.05) is 13.6 Å². The maximum absolute atomic E-state index is 6.14. The molecular formula is C16H18Cl2N4. The third kappa shape index (κ3) is 5.20. The van der Waals surface area contributed by atoms with Crippen molar-refractivity contribution in [3.05, 3.63) is 63.9 Å². The van der Waals surface area contributed by atoms with E-state index in [-0.39, 0.29) is 0 Å². The lowest BCUT2D eigenvalue weighted by Crippen LogP contribution is -2.37. The predicted molar refractivity (Wildman–Crippen MR) is 92.6 cm³/mol. The Kier molecular flexibility index (Phi) is 6.49. The quantitative estimate of drug-likeness (QED) is 0.500. The highest BCUT2D eigenvalue weighted by Crippen LogP contribution is 2.14. The Labute approximate surface area is 140 Å². The van der Waals surface area contributed by atoms with Crippen molar-refractivity contribution in [2.45, 2.75) is 13.0 Å². The first-order chi connectivity index (χ1) is 10.7. The summed E-state index contributed by atoms with van der Waals surface area (Å²) in [4.78, 5) is 8.23. The molecule has 2 rings (SSSR count). The van der Waals surface area contributed by atoms with Crippen molar-refractivity contribution in [3.8, 4) is 0 Å². The summed E-state index contributed by atoms with van der Waals surface area (Å²) < 4.78 is 0. The molecule has 0 saturated carbocycles. The number of nitrogens with one attached hydrogen (secondary N) is 2. The fourth-order valence-electron chi connectivity index (χ4n) is 1.93. The molecule has 6 heteroatoms. The Morgan fingerprint density at radius 2 is 1.95 bits per heavy atom. The van der Waals surface area contributed by atoms with Crippen LogP contribution in [0.5, 0.6) is 0 Å². The molecule has 0 unspecified atom stereocenters. The molecule has 0 aliphatic rings. The number of rotatable bonds is 5. The summed E-state index contributed by atoms with van der Waals surface area (Å²) in [6, 6.07) is 11.5. The molecule has 0 atom stereocenters. The summed E-state index contributed by atoms with van der Waals surface area (Å²) in [5.74, 6) is 0.738. The van der Waals surface area contributed by atoms with Crippen LogP contribution < -0.4 is 10.6 Å². The van der Waals surface area contributed by atoms with E-state index in [1.54, 1.807) is 19.3 Å². The number of hydrogen-bond donors (Lipinski definition) is 2. The number of halogens is 2. The first-order valence-electron chi connectivity index (χ1n) is 6.97. The second kappa shape index (κ2) is 8.61. The van der Waals surface area contributed by atoms with Gasteiger partial charge in [0.25, 0.3) is 0 Å². The fraction of sp³-hybridized carbons (Fsp3) is 0.250. The molecule has 0 aliphatic heterocycles. The topological polar surface area (TPSA) is 49.3 Å². The minimum atomic E-state index is 0.492. The van der Waals surface area contributed by atoms with Gasteiger partial charge in [-0.25, -0.2) is 4.98 Å². The van der Waals surface area contributed by atoms with E-state index in [9.17, 15) is 0 Å². The van der Waals surface area contributed by atoms with Gasteiger partial charge in [0, 0.05) is 31.4 Å². The maximum Gasteiger partial charge on any atom is 0.191 e. The van der Waals surface area contributed by atoms with E-state index in [0.29, 0.717) is 11.7 Å². The normalized spacial score (nSPS) is 11.3. The SMILES string of the molecule is CN=C(NCCc1ccccc1Cl)NCc1ccc(Cl)nc1. The molecule has 2 aromatic rings. The average Bonchev–Trinajstić information content (AvgIpc) is 2.54. The standard InChI is InChI=1S/C16H18Cl2N4/c1-19-16(22-11-12-6-7-15(18)21-10-12)20-9-8-13-4-2-3-5-14(13)17/h2-7,10H,8-9,11H2,1H3,(H2,19,20,22). The summed E-state index contributed by atoms with van der Waals surface area (Å²) in [6.45, 7) is 1.39. The van der Waals surface area contributed by atoms with Crippen LogP contribution in [0.1, 0.15) is 11.1 Å². The smallest absolute Gasteiger partial charge is 0.191 e. The summed E-state index contributed by atoms with van der Waals surface area (Å²) in [7, 11) is 1.74. The predicted octanol–water partition coefficient (Wildman–Crippen LogP) is 3.30. The van der Waals surface area contributed by atoms with Crippen LogP contribution in [0.25, 0.3) is 0 Å². The second-order valence-corrected chi connectivity index (χ2v) is 5.48. The molecule has 0 bridgehead atoms. The third-order valence-corrected chi connectivity index (χ3v) is 3.71. The fourth-order valence-corrected chi connectivity index (χ4v) is 2.28. The number of nitrogens with zero attached hydrogens (tertiary/aromatic N) is 2. The molecule has 0 spiro atoms. The van der Waals surface area contributed by atoms with Crippen LogP contribution in [0.3, 0.4) is 0 Å². The monoisotopic (exact) mass is 336 g/mol. The van der Waals surface area contributed by atoms with Crippen molar-refractivity contribution in [3.63, 3.8) is 0 Å². The number of aromatic nitrogens is 1. The first kappa shape index (κ1) is 16.6. The highest BCUT2D eigenvalue weighted by atomic mass is 35.5. The Hall–Kier alpha value is -1.78. The van der Waals surface area contributed by atoms with Gasteiger partial charge < -0.3 is 10.6 Å². The zero-order valence-corrected chi connectivity index (χ0v) is 13.8. The van der Waals surface area contributed by atoms with Gasteiger partial charge in [-0.3, -0.25) is 4.99 Å². The van der Waals surface area contributed by atoms with E-state index in [0.717, 1.165) is 35.1 Å². The van der Waals surface area contributed by atoms with Crippen LogP contribution in [0.15, 0.2) is 47.6 Å². The van der Waals surface area contributed by atoms with Crippen LogP contribution >= 0.6 is 23.2 Å². The number of pyridine rings is 1. The molecule has 1 aromatic heterocycles. The third-order valence-electron chi connectivity index (χ3n) is 3.12. The van der Waals surface area contributed by atoms with Gasteiger partial charge in [0.1, 0.15) is 5.15 Å². The van der Waals surface area contributed by atoms with Gasteiger partial charge in [0.15, 0.2) is 5.96 Å². The van der Waals surface area contributed by atoms with Crippen molar-refractivity contribution < 1.29 is 0 Å². The van der Waals surface area contributed by atoms with Crippen molar-refractivity contribution >= 4 is 29.2 Å². The summed E-state index contributed by atoms with van der Waals surface area (Å²) in [5.41, 5.74) is 2.16. The average molecular weight is 337 g/mol. The van der Waals surface area contributed by atoms with Crippen molar-refractivity contribution in [1.82, 2.24) is 15.6 Å². The molecule has 0 fully saturated rings. The maximum atomic E-state index is 6.14. The van der Waals surface area contributed by atoms with E-state index >= 15 is 0 Å².